The number of benzene rings is 4. The van der Waals surface area contributed by atoms with Crippen molar-refractivity contribution in [3.05, 3.63) is 111 Å². The van der Waals surface area contributed by atoms with Crippen molar-refractivity contribution in [2.45, 2.75) is 56.6 Å². The third kappa shape index (κ3) is 7.12. The quantitative estimate of drug-likeness (QED) is 0.169. The summed E-state index contributed by atoms with van der Waals surface area (Å²) in [7, 11) is -2.80. The predicted molar refractivity (Wildman–Crippen MR) is 220 cm³/mol. The van der Waals surface area contributed by atoms with Gasteiger partial charge in [-0.2, -0.15) is 4.31 Å². The van der Waals surface area contributed by atoms with Crippen LogP contribution in [0.25, 0.3) is 21.8 Å². The van der Waals surface area contributed by atoms with Crippen LogP contribution in [-0.4, -0.2) is 95.1 Å². The fourth-order valence-corrected chi connectivity index (χ4v) is 10.5. The van der Waals surface area contributed by atoms with Crippen LogP contribution in [0.15, 0.2) is 77.6 Å². The van der Waals surface area contributed by atoms with Gasteiger partial charge in [0, 0.05) is 42.8 Å². The van der Waals surface area contributed by atoms with E-state index in [9.17, 15) is 32.5 Å². The molecule has 5 aromatic rings. The number of nitrogens with one attached hydrogen (secondary N) is 1. The highest BCUT2D eigenvalue weighted by molar-refractivity contribution is 7.87. The molecule has 4 saturated heterocycles. The minimum Gasteiger partial charge on any atom is -0.487 e. The fourth-order valence-electron chi connectivity index (χ4n) is 9.25. The first-order valence-corrected chi connectivity index (χ1v) is 21.7. The van der Waals surface area contributed by atoms with Crippen LogP contribution in [-0.2, 0) is 38.2 Å². The van der Waals surface area contributed by atoms with E-state index in [4.69, 9.17) is 4.74 Å². The van der Waals surface area contributed by atoms with E-state index in [1.807, 2.05) is 59.5 Å². The number of amides is 3. The summed E-state index contributed by atoms with van der Waals surface area (Å²) in [5.41, 5.74) is 3.52. The number of rotatable bonds is 9. The Morgan fingerprint density at radius 3 is 2.35 bits per heavy atom. The Balaban J connectivity index is 0.856. The average molecular weight is 839 g/mol. The molecule has 60 heavy (non-hydrogen) atoms. The number of likely N-dealkylation sites (tertiary alicyclic amines) is 2. The summed E-state index contributed by atoms with van der Waals surface area (Å²) in [4.78, 5) is 67.4. The number of imidazole rings is 1. The Morgan fingerprint density at radius 1 is 0.883 bits per heavy atom. The van der Waals surface area contributed by atoms with E-state index in [0.29, 0.717) is 30.4 Å². The van der Waals surface area contributed by atoms with Gasteiger partial charge in [0.25, 0.3) is 0 Å². The van der Waals surface area contributed by atoms with Gasteiger partial charge in [-0.1, -0.05) is 48.5 Å². The van der Waals surface area contributed by atoms with E-state index >= 15 is 4.39 Å². The van der Waals surface area contributed by atoms with Gasteiger partial charge >= 0.3 is 15.9 Å². The minimum absolute atomic E-state index is 0.0203. The summed E-state index contributed by atoms with van der Waals surface area (Å²) in [5, 5.41) is 3.07. The van der Waals surface area contributed by atoms with Gasteiger partial charge < -0.3 is 9.64 Å². The van der Waals surface area contributed by atoms with Gasteiger partial charge in [-0.3, -0.25) is 33.7 Å². The lowest BCUT2D eigenvalue weighted by Crippen LogP contribution is -2.44. The summed E-state index contributed by atoms with van der Waals surface area (Å²) in [5.74, 6) is -1.36. The number of carbonyl (C=O) groups is 3. The number of anilines is 1. The van der Waals surface area contributed by atoms with Crippen molar-refractivity contribution in [1.82, 2.24) is 24.3 Å². The number of hydrogen-bond acceptors (Lipinski definition) is 9. The summed E-state index contributed by atoms with van der Waals surface area (Å²) in [6.07, 6.45) is 2.81. The first-order valence-electron chi connectivity index (χ1n) is 20.3. The molecule has 0 saturated carbocycles. The Morgan fingerprint density at radius 2 is 1.62 bits per heavy atom. The van der Waals surface area contributed by atoms with Gasteiger partial charge in [0.15, 0.2) is 5.82 Å². The zero-order chi connectivity index (χ0) is 41.9. The van der Waals surface area contributed by atoms with E-state index < -0.39 is 28.0 Å². The standard InChI is InChI=1S/C43H44FN7O8S/c1-46-36-22-30(9-10-34(36)51(43(46)55)35-11-12-38(52)45-42(35)54)28-13-16-47(17-14-28)25-39(53)48-18-15-32(24-48)29-7-8-31-23-37(59-26-27-5-3-2-4-6-27)41(40(44)33(31)21-29)49-19-20-50(56)60(49,57)58/h2-10,21-23,28,32,35H,11-20,24-26H2,1H3/p+1. The molecule has 4 aliphatic heterocycles. The van der Waals surface area contributed by atoms with Crippen molar-refractivity contribution < 1.29 is 36.1 Å². The SMILES string of the molecule is Cn1c(=O)n(C2CCC(=O)NC2=O)c2ccc(C3CCN(CC(=O)N4CCC(c5ccc6cc(OCc7ccccc7)c(N7CC[N+](=O)S7(=O)=O)c(F)c6c5)C4)CC3)cc21. The van der Waals surface area contributed by atoms with Crippen LogP contribution in [0.5, 0.6) is 5.75 Å². The van der Waals surface area contributed by atoms with Gasteiger partial charge in [0.1, 0.15) is 34.8 Å². The largest absolute Gasteiger partial charge is 0.512 e. The molecule has 15 nitrogen and oxygen atoms in total. The first-order chi connectivity index (χ1) is 28.9. The zero-order valence-electron chi connectivity index (χ0n) is 33.1. The molecule has 0 radical (unpaired) electrons. The number of hydrogen-bond donors (Lipinski definition) is 1. The molecular formula is C43H45FN7O8S+. The summed E-state index contributed by atoms with van der Waals surface area (Å²) < 4.78 is 52.4. The summed E-state index contributed by atoms with van der Waals surface area (Å²) in [6.45, 7) is 2.28. The number of piperidine rings is 2. The van der Waals surface area contributed by atoms with E-state index in [-0.39, 0.29) is 89.4 Å². The first kappa shape index (κ1) is 39.5. The molecule has 5 heterocycles. The normalized spacial score (nSPS) is 21.3. The molecule has 4 aliphatic rings. The lowest BCUT2D eigenvalue weighted by atomic mass is 9.89. The number of ether oxygens (including phenoxy) is 1. The van der Waals surface area contributed by atoms with Gasteiger partial charge in [-0.15, -0.1) is 8.42 Å². The average Bonchev–Trinajstić information content (AvgIpc) is 3.92. The van der Waals surface area contributed by atoms with Crippen LogP contribution in [0.4, 0.5) is 10.1 Å². The number of carbonyl (C=O) groups excluding carboxylic acids is 3. The van der Waals surface area contributed by atoms with Crippen molar-refractivity contribution in [3.63, 3.8) is 0 Å². The van der Waals surface area contributed by atoms with Crippen molar-refractivity contribution >= 4 is 55.4 Å². The lowest BCUT2D eigenvalue weighted by Gasteiger charge is -2.32. The number of nitrogens with zero attached hydrogens (tertiary/aromatic N) is 6. The maximum Gasteiger partial charge on any atom is 0.512 e. The van der Waals surface area contributed by atoms with Crippen molar-refractivity contribution in [3.8, 4) is 5.75 Å². The topological polar surface area (TPSA) is 163 Å². The molecule has 0 bridgehead atoms. The molecule has 0 spiro atoms. The maximum absolute atomic E-state index is 16.6. The highest BCUT2D eigenvalue weighted by Gasteiger charge is 2.48. The van der Waals surface area contributed by atoms with E-state index in [1.165, 1.54) is 4.57 Å². The molecule has 2 unspecified atom stereocenters. The highest BCUT2D eigenvalue weighted by atomic mass is 32.2. The fraction of sp³-hybridized carbons (Fsp3) is 0.395. The van der Waals surface area contributed by atoms with Gasteiger partial charge in [0.2, 0.25) is 24.3 Å². The number of nitroso groups, excluding NO2 is 1. The van der Waals surface area contributed by atoms with Crippen LogP contribution in [0.2, 0.25) is 0 Å². The molecule has 17 heteroatoms. The second-order valence-corrected chi connectivity index (χ2v) is 17.9. The Labute approximate surface area is 345 Å². The summed E-state index contributed by atoms with van der Waals surface area (Å²) >= 11 is 0. The molecule has 1 N–H and O–H groups in total. The molecule has 9 rings (SSSR count). The Kier molecular flexibility index (Phi) is 10.3. The monoisotopic (exact) mass is 838 g/mol. The van der Waals surface area contributed by atoms with Crippen LogP contribution in [0, 0.1) is 10.7 Å². The Bertz CT molecular complexity index is 2750. The van der Waals surface area contributed by atoms with Crippen molar-refractivity contribution in [2.24, 2.45) is 7.05 Å². The third-order valence-electron chi connectivity index (χ3n) is 12.6. The molecule has 1 aromatic heterocycles. The smallest absolute Gasteiger partial charge is 0.487 e. The van der Waals surface area contributed by atoms with E-state index in [2.05, 4.69) is 10.2 Å². The van der Waals surface area contributed by atoms with E-state index in [0.717, 1.165) is 52.4 Å². The van der Waals surface area contributed by atoms with Crippen LogP contribution in [0.3, 0.4) is 0 Å². The molecule has 3 amide bonds. The van der Waals surface area contributed by atoms with Crippen LogP contribution < -0.4 is 20.0 Å². The van der Waals surface area contributed by atoms with E-state index in [1.54, 1.807) is 29.8 Å². The number of halogens is 1. The molecular weight excluding hydrogens is 794 g/mol. The van der Waals surface area contributed by atoms with Gasteiger partial charge in [-0.05, 0) is 91.0 Å². The lowest BCUT2D eigenvalue weighted by molar-refractivity contribution is -0.375. The summed E-state index contributed by atoms with van der Waals surface area (Å²) in [6, 6.07) is 21.4. The van der Waals surface area contributed by atoms with Gasteiger partial charge in [-0.25, -0.2) is 9.18 Å². The second-order valence-electron chi connectivity index (χ2n) is 16.2. The molecule has 312 valence electrons. The third-order valence-corrected chi connectivity index (χ3v) is 14.2. The molecule has 2 atom stereocenters. The van der Waals surface area contributed by atoms with Gasteiger partial charge in [0.05, 0.1) is 17.6 Å². The van der Waals surface area contributed by atoms with Crippen LogP contribution >= 0.6 is 0 Å². The van der Waals surface area contributed by atoms with Crippen molar-refractivity contribution in [2.75, 3.05) is 50.1 Å². The molecule has 4 fully saturated rings. The highest BCUT2D eigenvalue weighted by Crippen LogP contribution is 2.42. The number of fused-ring (bicyclic) bond motifs is 2. The van der Waals surface area contributed by atoms with Crippen molar-refractivity contribution in [1.29, 1.82) is 0 Å². The predicted octanol–water partition coefficient (Wildman–Crippen LogP) is 4.23. The number of aryl methyl sites for hydroxylation is 1. The zero-order valence-corrected chi connectivity index (χ0v) is 33.9. The molecule has 4 aromatic carbocycles. The number of imide groups is 1. The Hall–Kier alpha value is -5.94. The second kappa shape index (κ2) is 15.6. The maximum atomic E-state index is 16.6. The number of aromatic nitrogens is 2. The van der Waals surface area contributed by atoms with Crippen LogP contribution in [0.1, 0.15) is 66.7 Å². The minimum atomic E-state index is -4.49. The molecule has 0 aliphatic carbocycles.